The topological polar surface area (TPSA) is 77.4 Å². The Labute approximate surface area is 94.5 Å². The third-order valence-corrected chi connectivity index (χ3v) is 0.175. The number of hydrogen-bond donors (Lipinski definition) is 1. The minimum absolute atomic E-state index is 0. The molecule has 0 bridgehead atoms. The Morgan fingerprint density at radius 3 is 1.33 bits per heavy atom. The second-order valence-corrected chi connectivity index (χ2v) is 0.593. The van der Waals surface area contributed by atoms with E-state index in [9.17, 15) is 0 Å². The van der Waals surface area contributed by atoms with E-state index in [-0.39, 0.29) is 63.5 Å². The van der Waals surface area contributed by atoms with Gasteiger partial charge in [0.1, 0.15) is 0 Å². The van der Waals surface area contributed by atoms with Crippen molar-refractivity contribution in [2.45, 2.75) is 0 Å². The Hall–Kier alpha value is 0.900. The minimum Gasteiger partial charge on any atom is -0.539 e. The zero-order valence-corrected chi connectivity index (χ0v) is 9.91. The first-order valence-electron chi connectivity index (χ1n) is 1.09. The summed E-state index contributed by atoms with van der Waals surface area (Å²) < 4.78 is 0. The number of carbonyl (C=O) groups excluding carboxylic acids is 1. The van der Waals surface area contributed by atoms with Gasteiger partial charge in [0.05, 0.1) is 0 Å². The van der Waals surface area contributed by atoms with Crippen LogP contribution in [0, 0.1) is 0 Å². The van der Waals surface area contributed by atoms with E-state index in [4.69, 9.17) is 19.8 Å². The zero-order valence-electron chi connectivity index (χ0n) is 4.49. The molecule has 0 rings (SSSR count). The standard InChI is InChI=1S/C2H2O4.2BrH.Na/c3-1(4)2(5)6;;;/h(H,3,4)(H,5,6);2*1H;/q;;;+1/p-1. The Bertz CT molecular complexity index is 82.6. The fourth-order valence-corrected chi connectivity index (χ4v) is 0. The summed E-state index contributed by atoms with van der Waals surface area (Å²) in [5.41, 5.74) is 0. The number of hydrogen-bond acceptors (Lipinski definition) is 3. The predicted octanol–water partition coefficient (Wildman–Crippen LogP) is -4.02. The molecule has 0 radical (unpaired) electrons. The van der Waals surface area contributed by atoms with Crippen LogP contribution >= 0.6 is 34.0 Å². The largest absolute Gasteiger partial charge is 1.00 e. The Kier molecular flexibility index (Phi) is 29.2. The first-order chi connectivity index (χ1) is 2.64. The van der Waals surface area contributed by atoms with Gasteiger partial charge in [0.2, 0.25) is 0 Å². The zero-order chi connectivity index (χ0) is 5.15. The second-order valence-electron chi connectivity index (χ2n) is 0.593. The van der Waals surface area contributed by atoms with Crippen LogP contribution in [-0.2, 0) is 9.59 Å². The summed E-state index contributed by atoms with van der Waals surface area (Å²) >= 11 is 0. The fourth-order valence-electron chi connectivity index (χ4n) is 0. The van der Waals surface area contributed by atoms with Gasteiger partial charge < -0.3 is 15.0 Å². The van der Waals surface area contributed by atoms with E-state index in [1.165, 1.54) is 0 Å². The minimum atomic E-state index is -2.07. The fraction of sp³-hybridized carbons (Fsp3) is 0. The van der Waals surface area contributed by atoms with Crippen molar-refractivity contribution in [3.63, 3.8) is 0 Å². The van der Waals surface area contributed by atoms with Gasteiger partial charge in [-0.15, -0.1) is 34.0 Å². The van der Waals surface area contributed by atoms with Crippen LogP contribution in [-0.4, -0.2) is 17.0 Å². The van der Waals surface area contributed by atoms with Crippen molar-refractivity contribution < 1.29 is 49.4 Å². The number of aliphatic carboxylic acids is 2. The molecular formula is C2H3Br2NaO4. The number of rotatable bonds is 0. The molecule has 0 aliphatic heterocycles. The number of carboxylic acids is 2. The molecule has 0 unspecified atom stereocenters. The van der Waals surface area contributed by atoms with E-state index >= 15 is 0 Å². The monoisotopic (exact) mass is 272 g/mol. The van der Waals surface area contributed by atoms with Gasteiger partial charge in [-0.05, 0) is 0 Å². The summed E-state index contributed by atoms with van der Waals surface area (Å²) in [6.07, 6.45) is 0. The molecule has 0 fully saturated rings. The summed E-state index contributed by atoms with van der Waals surface area (Å²) in [6, 6.07) is 0. The van der Waals surface area contributed by atoms with Gasteiger partial charge in [0, 0.05) is 0 Å². The van der Waals surface area contributed by atoms with Crippen LogP contribution < -0.4 is 34.7 Å². The molecule has 1 N–H and O–H groups in total. The Morgan fingerprint density at radius 2 is 1.33 bits per heavy atom. The molecule has 0 spiro atoms. The summed E-state index contributed by atoms with van der Waals surface area (Å²) in [5, 5.41) is 16.3. The maximum absolute atomic E-state index is 9.04. The Morgan fingerprint density at radius 1 is 1.22 bits per heavy atom. The van der Waals surface area contributed by atoms with Crippen molar-refractivity contribution in [3.05, 3.63) is 0 Å². The van der Waals surface area contributed by atoms with Crippen LogP contribution in [0.1, 0.15) is 0 Å². The summed E-state index contributed by atoms with van der Waals surface area (Å²) in [4.78, 5) is 18.0. The van der Waals surface area contributed by atoms with Crippen molar-refractivity contribution in [1.82, 2.24) is 0 Å². The number of halogens is 2. The quantitative estimate of drug-likeness (QED) is 0.360. The van der Waals surface area contributed by atoms with E-state index in [1.807, 2.05) is 0 Å². The van der Waals surface area contributed by atoms with Crippen molar-refractivity contribution in [2.75, 3.05) is 0 Å². The van der Waals surface area contributed by atoms with Crippen LogP contribution in [0.15, 0.2) is 0 Å². The van der Waals surface area contributed by atoms with Crippen molar-refractivity contribution >= 4 is 45.9 Å². The SMILES string of the molecule is Br.Br.O=C([O-])C(=O)O.[Na+]. The van der Waals surface area contributed by atoms with E-state index in [1.54, 1.807) is 0 Å². The van der Waals surface area contributed by atoms with Gasteiger partial charge >= 0.3 is 35.5 Å². The molecule has 0 aliphatic rings. The third kappa shape index (κ3) is 17.6. The molecular weight excluding hydrogens is 271 g/mol. The van der Waals surface area contributed by atoms with Crippen LogP contribution in [0.4, 0.5) is 0 Å². The molecule has 9 heavy (non-hydrogen) atoms. The average Bonchev–Trinajstić information content (AvgIpc) is 1.36. The molecule has 0 saturated heterocycles. The normalized spacial score (nSPS) is 4.89. The molecule has 0 atom stereocenters. The first kappa shape index (κ1) is 22.5. The van der Waals surface area contributed by atoms with Crippen LogP contribution in [0.2, 0.25) is 0 Å². The number of carboxylic acid groups (broad SMARTS) is 2. The second kappa shape index (κ2) is 11.7. The van der Waals surface area contributed by atoms with Crippen LogP contribution in [0.25, 0.3) is 0 Å². The summed E-state index contributed by atoms with van der Waals surface area (Å²) in [6.45, 7) is 0. The summed E-state index contributed by atoms with van der Waals surface area (Å²) in [7, 11) is 0. The van der Waals surface area contributed by atoms with Crippen molar-refractivity contribution in [1.29, 1.82) is 0 Å². The van der Waals surface area contributed by atoms with Gasteiger partial charge in [-0.3, -0.25) is 0 Å². The van der Waals surface area contributed by atoms with Gasteiger partial charge in [-0.1, -0.05) is 0 Å². The third-order valence-electron chi connectivity index (χ3n) is 0.175. The number of carbonyl (C=O) groups is 2. The molecule has 0 aromatic rings. The Balaban J connectivity index is -0.0000000417. The molecule has 0 amide bonds. The predicted molar refractivity (Wildman–Crippen MR) is 33.3 cm³/mol. The van der Waals surface area contributed by atoms with Crippen LogP contribution in [0.5, 0.6) is 0 Å². The maximum atomic E-state index is 9.04. The van der Waals surface area contributed by atoms with E-state index in [2.05, 4.69) is 0 Å². The molecule has 0 aromatic carbocycles. The molecule has 0 saturated carbocycles. The van der Waals surface area contributed by atoms with Gasteiger partial charge in [0.15, 0.2) is 5.97 Å². The van der Waals surface area contributed by atoms with Crippen LogP contribution in [0.3, 0.4) is 0 Å². The molecule has 0 aromatic heterocycles. The molecule has 50 valence electrons. The molecule has 0 aliphatic carbocycles. The van der Waals surface area contributed by atoms with E-state index < -0.39 is 11.9 Å². The maximum Gasteiger partial charge on any atom is 1.00 e. The van der Waals surface area contributed by atoms with E-state index in [0.29, 0.717) is 0 Å². The summed E-state index contributed by atoms with van der Waals surface area (Å²) in [5.74, 6) is -4.01. The first-order valence-corrected chi connectivity index (χ1v) is 1.09. The van der Waals surface area contributed by atoms with Crippen molar-refractivity contribution in [2.24, 2.45) is 0 Å². The van der Waals surface area contributed by atoms with Crippen molar-refractivity contribution in [3.8, 4) is 0 Å². The molecule has 7 heteroatoms. The smallest absolute Gasteiger partial charge is 0.539 e. The van der Waals surface area contributed by atoms with Gasteiger partial charge in [0.25, 0.3) is 0 Å². The molecule has 4 nitrogen and oxygen atoms in total. The molecule has 0 heterocycles. The van der Waals surface area contributed by atoms with E-state index in [0.717, 1.165) is 0 Å². The van der Waals surface area contributed by atoms with Gasteiger partial charge in [-0.2, -0.15) is 0 Å². The van der Waals surface area contributed by atoms with Gasteiger partial charge in [-0.25, -0.2) is 4.79 Å². The average molecular weight is 274 g/mol.